The van der Waals surface area contributed by atoms with E-state index in [0.717, 1.165) is 29.3 Å². The normalized spacial score (nSPS) is 14.1. The van der Waals surface area contributed by atoms with Gasteiger partial charge in [-0.2, -0.15) is 4.99 Å². The minimum Gasteiger partial charge on any atom is -0.205 e. The van der Waals surface area contributed by atoms with E-state index in [1.807, 2.05) is 6.07 Å². The van der Waals surface area contributed by atoms with Crippen LogP contribution in [0.25, 0.3) is 0 Å². The summed E-state index contributed by atoms with van der Waals surface area (Å²) in [6.07, 6.45) is 6.33. The summed E-state index contributed by atoms with van der Waals surface area (Å²) >= 11 is 6.03. The van der Waals surface area contributed by atoms with Gasteiger partial charge in [0.25, 0.3) is 0 Å². The Bertz CT molecular complexity index is 825. The third kappa shape index (κ3) is 4.15. The number of hydrogen-bond acceptors (Lipinski definition) is 3. The predicted octanol–water partition coefficient (Wildman–Crippen LogP) is 5.89. The minimum atomic E-state index is -0.741. The fourth-order valence-corrected chi connectivity index (χ4v) is 4.06. The molecular weight excluding hydrogens is 344 g/mol. The van der Waals surface area contributed by atoms with Gasteiger partial charge in [0.15, 0.2) is 0 Å². The largest absolute Gasteiger partial charge is 0.205 e. The third-order valence-electron chi connectivity index (χ3n) is 4.14. The maximum Gasteiger partial charge on any atom is 0.143 e. The Hall–Kier alpha value is -1.86. The summed E-state index contributed by atoms with van der Waals surface area (Å²) in [5.41, 5.74) is -0.149. The second-order valence-electron chi connectivity index (χ2n) is 5.86. The summed E-state index contributed by atoms with van der Waals surface area (Å²) in [4.78, 5) is 5.69. The molecule has 0 unspecified atom stereocenters. The van der Waals surface area contributed by atoms with Crippen molar-refractivity contribution >= 4 is 34.4 Å². The van der Waals surface area contributed by atoms with E-state index in [2.05, 4.69) is 40.3 Å². The molecule has 0 aliphatic heterocycles. The average Bonchev–Trinajstić information content (AvgIpc) is 3.19. The Kier molecular flexibility index (Phi) is 5.52. The third-order valence-corrected chi connectivity index (χ3v) is 5.25. The molecule has 1 aliphatic carbocycles. The number of thiocarbonyl (C=S) groups is 1. The van der Waals surface area contributed by atoms with E-state index in [1.54, 1.807) is 11.3 Å². The van der Waals surface area contributed by atoms with Crippen LogP contribution in [0.2, 0.25) is 0 Å². The van der Waals surface area contributed by atoms with Gasteiger partial charge in [-0.15, -0.1) is 11.3 Å². The van der Waals surface area contributed by atoms with Gasteiger partial charge in [-0.25, -0.2) is 8.78 Å². The summed E-state index contributed by atoms with van der Waals surface area (Å²) in [7, 11) is 0. The van der Waals surface area contributed by atoms with Crippen molar-refractivity contribution in [2.75, 3.05) is 0 Å². The van der Waals surface area contributed by atoms with Crippen molar-refractivity contribution < 1.29 is 8.78 Å². The van der Waals surface area contributed by atoms with Crippen molar-refractivity contribution in [2.24, 2.45) is 10.9 Å². The van der Waals surface area contributed by atoms with Gasteiger partial charge in [0.05, 0.1) is 21.3 Å². The summed E-state index contributed by atoms with van der Waals surface area (Å²) in [5, 5.41) is 2.09. The molecule has 1 fully saturated rings. The zero-order valence-electron chi connectivity index (χ0n) is 12.9. The van der Waals surface area contributed by atoms with Gasteiger partial charge in [-0.05, 0) is 36.7 Å². The number of isothiocyanates is 1. The van der Waals surface area contributed by atoms with Crippen LogP contribution in [0.15, 0.2) is 29.3 Å². The summed E-state index contributed by atoms with van der Waals surface area (Å²) < 4.78 is 27.9. The van der Waals surface area contributed by atoms with Crippen molar-refractivity contribution in [1.29, 1.82) is 0 Å². The van der Waals surface area contributed by atoms with Crippen LogP contribution in [-0.4, -0.2) is 5.16 Å². The molecule has 0 spiro atoms. The molecule has 1 aromatic heterocycles. The number of nitrogens with zero attached hydrogens (tertiary/aromatic N) is 1. The molecule has 5 heteroatoms. The van der Waals surface area contributed by atoms with Crippen LogP contribution >= 0.6 is 23.6 Å². The first-order valence-electron chi connectivity index (χ1n) is 7.83. The summed E-state index contributed by atoms with van der Waals surface area (Å²) in [5.74, 6) is 4.75. The first kappa shape index (κ1) is 17.0. The topological polar surface area (TPSA) is 12.4 Å². The zero-order chi connectivity index (χ0) is 16.9. The first-order valence-corrected chi connectivity index (χ1v) is 9.06. The first-order chi connectivity index (χ1) is 11.7. The molecule has 0 atom stereocenters. The molecule has 0 amide bonds. The second-order valence-corrected chi connectivity index (χ2v) is 7.21. The molecule has 24 heavy (non-hydrogen) atoms. The molecule has 0 bridgehead atoms. The number of hydrogen-bond donors (Lipinski definition) is 0. The maximum absolute atomic E-state index is 14.0. The van der Waals surface area contributed by atoms with Gasteiger partial charge in [0, 0.05) is 17.0 Å². The van der Waals surface area contributed by atoms with Crippen LogP contribution in [0.1, 0.15) is 41.0 Å². The quantitative estimate of drug-likeness (QED) is 0.378. The fraction of sp³-hybridized carbons (Fsp3) is 0.316. The van der Waals surface area contributed by atoms with Crippen LogP contribution < -0.4 is 0 Å². The van der Waals surface area contributed by atoms with Crippen molar-refractivity contribution in [2.45, 2.75) is 32.1 Å². The van der Waals surface area contributed by atoms with Crippen molar-refractivity contribution in [3.8, 4) is 11.8 Å². The van der Waals surface area contributed by atoms with Crippen molar-refractivity contribution in [3.63, 3.8) is 0 Å². The standard InChI is InChI=1S/C19H15F2NS2/c20-18-10-14(22-12-23)11-19(21)17(18)8-7-15-5-6-16(24-15)9-13-3-1-2-4-13/h5-6,10-11,13H,1-4,9H2. The molecule has 2 aromatic rings. The maximum atomic E-state index is 14.0. The number of rotatable bonds is 3. The van der Waals surface area contributed by atoms with Crippen molar-refractivity contribution in [3.05, 3.63) is 51.2 Å². The minimum absolute atomic E-state index is 0.0977. The lowest BCUT2D eigenvalue weighted by molar-refractivity contribution is 0.551. The smallest absolute Gasteiger partial charge is 0.143 e. The van der Waals surface area contributed by atoms with Gasteiger partial charge >= 0.3 is 0 Å². The molecule has 1 aliphatic rings. The molecule has 1 heterocycles. The van der Waals surface area contributed by atoms with Crippen LogP contribution in [0.4, 0.5) is 14.5 Å². The molecular formula is C19H15F2NS2. The molecule has 1 aromatic carbocycles. The van der Waals surface area contributed by atoms with E-state index in [-0.39, 0.29) is 11.3 Å². The fourth-order valence-electron chi connectivity index (χ4n) is 2.97. The Balaban J connectivity index is 1.77. The highest BCUT2D eigenvalue weighted by molar-refractivity contribution is 7.78. The van der Waals surface area contributed by atoms with E-state index in [9.17, 15) is 8.78 Å². The summed E-state index contributed by atoms with van der Waals surface area (Å²) in [6.45, 7) is 0. The number of aliphatic imine (C=N–C) groups is 1. The molecule has 122 valence electrons. The van der Waals surface area contributed by atoms with Crippen LogP contribution in [0.3, 0.4) is 0 Å². The van der Waals surface area contributed by atoms with Gasteiger partial charge in [0.2, 0.25) is 0 Å². The lowest BCUT2D eigenvalue weighted by atomic mass is 10.0. The number of halogens is 2. The van der Waals surface area contributed by atoms with Crippen molar-refractivity contribution in [1.82, 2.24) is 0 Å². The molecule has 0 saturated heterocycles. The molecule has 0 N–H and O–H groups in total. The van der Waals surface area contributed by atoms with E-state index >= 15 is 0 Å². The van der Waals surface area contributed by atoms with Crippen LogP contribution in [0, 0.1) is 29.4 Å². The van der Waals surface area contributed by atoms with Gasteiger partial charge in [0.1, 0.15) is 11.6 Å². The highest BCUT2D eigenvalue weighted by Crippen LogP contribution is 2.30. The number of benzene rings is 1. The van der Waals surface area contributed by atoms with E-state index < -0.39 is 11.6 Å². The Labute approximate surface area is 149 Å². The highest BCUT2D eigenvalue weighted by Gasteiger charge is 2.16. The van der Waals surface area contributed by atoms with Crippen LogP contribution in [0.5, 0.6) is 0 Å². The zero-order valence-corrected chi connectivity index (χ0v) is 14.6. The Morgan fingerprint density at radius 2 is 1.83 bits per heavy atom. The van der Waals surface area contributed by atoms with E-state index in [4.69, 9.17) is 0 Å². The van der Waals surface area contributed by atoms with E-state index in [1.165, 1.54) is 30.6 Å². The Morgan fingerprint density at radius 1 is 1.12 bits per heavy atom. The lowest BCUT2D eigenvalue weighted by Gasteiger charge is -2.05. The Morgan fingerprint density at radius 3 is 2.50 bits per heavy atom. The SMILES string of the molecule is Fc1cc(N=C=S)cc(F)c1C#Cc1ccc(CC2CCCC2)s1. The lowest BCUT2D eigenvalue weighted by Crippen LogP contribution is -1.95. The van der Waals surface area contributed by atoms with Crippen LogP contribution in [-0.2, 0) is 6.42 Å². The van der Waals surface area contributed by atoms with Gasteiger partial charge in [-0.1, -0.05) is 37.5 Å². The summed E-state index contributed by atoms with van der Waals surface area (Å²) in [6, 6.07) is 6.19. The number of thiophene rings is 1. The van der Waals surface area contributed by atoms with Gasteiger partial charge < -0.3 is 0 Å². The molecule has 1 saturated carbocycles. The van der Waals surface area contributed by atoms with Gasteiger partial charge in [-0.3, -0.25) is 0 Å². The highest BCUT2D eigenvalue weighted by atomic mass is 32.1. The molecule has 1 nitrogen and oxygen atoms in total. The average molecular weight is 359 g/mol. The monoisotopic (exact) mass is 359 g/mol. The predicted molar refractivity (Wildman–Crippen MR) is 97.0 cm³/mol. The molecule has 3 rings (SSSR count). The molecule has 0 radical (unpaired) electrons. The second kappa shape index (κ2) is 7.81. The van der Waals surface area contributed by atoms with E-state index in [0.29, 0.717) is 0 Å².